The van der Waals surface area contributed by atoms with E-state index in [0.717, 1.165) is 0 Å². The third-order valence-electron chi connectivity index (χ3n) is 3.34. The molecule has 1 aromatic heterocycles. The topological polar surface area (TPSA) is 71.1 Å². The maximum absolute atomic E-state index is 13.8. The minimum atomic E-state index is -0.362. The molecule has 3 aromatic rings. The summed E-state index contributed by atoms with van der Waals surface area (Å²) in [6.45, 7) is 1.41. The summed E-state index contributed by atoms with van der Waals surface area (Å²) < 4.78 is 13.8. The summed E-state index contributed by atoms with van der Waals surface area (Å²) in [5.74, 6) is -0.872. The normalized spacial score (nSPS) is 10.3. The molecule has 0 radical (unpaired) electrons. The Kier molecular flexibility index (Phi) is 4.85. The van der Waals surface area contributed by atoms with E-state index in [-0.39, 0.29) is 17.6 Å². The predicted octanol–water partition coefficient (Wildman–Crippen LogP) is 4.16. The molecule has 25 heavy (non-hydrogen) atoms. The smallest absolute Gasteiger partial charge is 0.257 e. The molecule has 3 rings (SSSR count). The number of halogens is 1. The van der Waals surface area contributed by atoms with Crippen molar-refractivity contribution in [2.24, 2.45) is 0 Å². The van der Waals surface area contributed by atoms with Gasteiger partial charge in [-0.3, -0.25) is 14.9 Å². The van der Waals surface area contributed by atoms with Crippen LogP contribution in [-0.2, 0) is 4.79 Å². The molecule has 5 nitrogen and oxygen atoms in total. The highest BCUT2D eigenvalue weighted by molar-refractivity contribution is 7.14. The number of rotatable bonds is 4. The van der Waals surface area contributed by atoms with E-state index in [2.05, 4.69) is 15.6 Å². The first-order valence-electron chi connectivity index (χ1n) is 7.42. The number of hydrogen-bond acceptors (Lipinski definition) is 4. The zero-order valence-corrected chi connectivity index (χ0v) is 14.1. The van der Waals surface area contributed by atoms with Crippen molar-refractivity contribution in [3.8, 4) is 11.3 Å². The van der Waals surface area contributed by atoms with E-state index in [1.165, 1.54) is 24.3 Å². The van der Waals surface area contributed by atoms with E-state index in [1.54, 1.807) is 47.8 Å². The van der Waals surface area contributed by atoms with Crippen molar-refractivity contribution in [2.75, 3.05) is 10.6 Å². The van der Waals surface area contributed by atoms with Gasteiger partial charge in [0.25, 0.3) is 5.91 Å². The molecule has 0 saturated heterocycles. The summed E-state index contributed by atoms with van der Waals surface area (Å²) in [5.41, 5.74) is 1.90. The third kappa shape index (κ3) is 4.07. The summed E-state index contributed by atoms with van der Waals surface area (Å²) in [6, 6.07) is 12.8. The molecule has 0 atom stereocenters. The highest BCUT2D eigenvalue weighted by Gasteiger charge is 2.12. The maximum atomic E-state index is 13.8. The zero-order valence-electron chi connectivity index (χ0n) is 13.2. The van der Waals surface area contributed by atoms with E-state index in [1.807, 2.05) is 0 Å². The lowest BCUT2D eigenvalue weighted by atomic mass is 10.2. The minimum Gasteiger partial charge on any atom is -0.326 e. The monoisotopic (exact) mass is 355 g/mol. The number of hydrogen-bond donors (Lipinski definition) is 2. The Morgan fingerprint density at radius 2 is 1.76 bits per heavy atom. The van der Waals surface area contributed by atoms with Crippen molar-refractivity contribution in [3.05, 3.63) is 65.3 Å². The summed E-state index contributed by atoms with van der Waals surface area (Å²) in [4.78, 5) is 27.5. The summed E-state index contributed by atoms with van der Waals surface area (Å²) >= 11 is 1.22. The van der Waals surface area contributed by atoms with Gasteiger partial charge in [0.05, 0.1) is 5.69 Å². The lowest BCUT2D eigenvalue weighted by Crippen LogP contribution is -2.12. The van der Waals surface area contributed by atoms with Gasteiger partial charge in [-0.2, -0.15) is 0 Å². The molecular weight excluding hydrogens is 341 g/mol. The van der Waals surface area contributed by atoms with E-state index in [0.29, 0.717) is 27.6 Å². The fourth-order valence-corrected chi connectivity index (χ4v) is 2.91. The second-order valence-electron chi connectivity index (χ2n) is 5.23. The van der Waals surface area contributed by atoms with Crippen LogP contribution in [0.15, 0.2) is 53.9 Å². The van der Waals surface area contributed by atoms with Crippen molar-refractivity contribution in [1.29, 1.82) is 0 Å². The molecular formula is C18H14FN3O2S. The molecule has 1 heterocycles. The predicted molar refractivity (Wildman–Crippen MR) is 96.2 cm³/mol. The highest BCUT2D eigenvalue weighted by atomic mass is 32.1. The van der Waals surface area contributed by atoms with Gasteiger partial charge in [-0.1, -0.05) is 12.1 Å². The number of thiazole rings is 1. The van der Waals surface area contributed by atoms with Crippen LogP contribution in [-0.4, -0.2) is 16.8 Å². The van der Waals surface area contributed by atoms with Crippen LogP contribution in [0.25, 0.3) is 11.3 Å². The molecule has 2 amide bonds. The summed E-state index contributed by atoms with van der Waals surface area (Å²) in [7, 11) is 0. The van der Waals surface area contributed by atoms with Crippen LogP contribution in [0.2, 0.25) is 0 Å². The molecule has 0 aliphatic rings. The van der Waals surface area contributed by atoms with Gasteiger partial charge >= 0.3 is 0 Å². The Bertz CT molecular complexity index is 922. The van der Waals surface area contributed by atoms with Gasteiger partial charge in [-0.15, -0.1) is 11.3 Å². The number of carbonyl (C=O) groups is 2. The van der Waals surface area contributed by atoms with Gasteiger partial charge < -0.3 is 5.32 Å². The van der Waals surface area contributed by atoms with Crippen LogP contribution < -0.4 is 10.6 Å². The van der Waals surface area contributed by atoms with E-state index in [9.17, 15) is 14.0 Å². The molecule has 0 saturated carbocycles. The number of nitrogens with one attached hydrogen (secondary N) is 2. The number of nitrogens with zero attached hydrogens (tertiary/aromatic N) is 1. The maximum Gasteiger partial charge on any atom is 0.257 e. The van der Waals surface area contributed by atoms with Crippen molar-refractivity contribution in [3.63, 3.8) is 0 Å². The molecule has 0 aliphatic heterocycles. The number of carbonyl (C=O) groups excluding carboxylic acids is 2. The summed E-state index contributed by atoms with van der Waals surface area (Å²) in [5, 5.41) is 7.39. The van der Waals surface area contributed by atoms with E-state index >= 15 is 0 Å². The van der Waals surface area contributed by atoms with Crippen LogP contribution in [0.3, 0.4) is 0 Å². The quantitative estimate of drug-likeness (QED) is 0.738. The Balaban J connectivity index is 1.71. The first kappa shape index (κ1) is 16.8. The molecule has 0 fully saturated rings. The number of anilines is 2. The van der Waals surface area contributed by atoms with Crippen molar-refractivity contribution in [1.82, 2.24) is 4.98 Å². The van der Waals surface area contributed by atoms with Crippen LogP contribution in [0.4, 0.5) is 15.2 Å². The Hall–Kier alpha value is -3.06. The van der Waals surface area contributed by atoms with Gasteiger partial charge in [0.2, 0.25) is 5.91 Å². The fraction of sp³-hybridized carbons (Fsp3) is 0.0556. The molecule has 126 valence electrons. The average molecular weight is 355 g/mol. The second kappa shape index (κ2) is 7.23. The van der Waals surface area contributed by atoms with E-state index < -0.39 is 0 Å². The van der Waals surface area contributed by atoms with Crippen LogP contribution in [0.1, 0.15) is 17.3 Å². The van der Waals surface area contributed by atoms with Crippen molar-refractivity contribution < 1.29 is 14.0 Å². The van der Waals surface area contributed by atoms with Gasteiger partial charge in [0, 0.05) is 29.1 Å². The zero-order chi connectivity index (χ0) is 17.8. The largest absolute Gasteiger partial charge is 0.326 e. The number of amides is 2. The lowest BCUT2D eigenvalue weighted by molar-refractivity contribution is -0.114. The standard InChI is InChI=1S/C18H14FN3O2S/c1-11(23)20-13-8-6-12(7-9-13)17(24)22-18-21-16(10-25-18)14-4-2-3-5-15(14)19/h2-10H,1H3,(H,20,23)(H,21,22,24). The van der Waals surface area contributed by atoms with Gasteiger partial charge in [-0.25, -0.2) is 9.37 Å². The summed E-state index contributed by atoms with van der Waals surface area (Å²) in [6.07, 6.45) is 0. The Morgan fingerprint density at radius 1 is 1.04 bits per heavy atom. The second-order valence-corrected chi connectivity index (χ2v) is 6.09. The molecule has 0 unspecified atom stereocenters. The molecule has 0 spiro atoms. The first-order chi connectivity index (χ1) is 12.0. The van der Waals surface area contributed by atoms with Gasteiger partial charge in [0.15, 0.2) is 5.13 Å². The van der Waals surface area contributed by atoms with Gasteiger partial charge in [0.1, 0.15) is 5.82 Å². The van der Waals surface area contributed by atoms with Crippen LogP contribution in [0, 0.1) is 5.82 Å². The molecule has 7 heteroatoms. The van der Waals surface area contributed by atoms with Crippen LogP contribution in [0.5, 0.6) is 0 Å². The Labute approximate surface area is 147 Å². The Morgan fingerprint density at radius 3 is 2.44 bits per heavy atom. The molecule has 0 aliphatic carbocycles. The minimum absolute atomic E-state index is 0.180. The van der Waals surface area contributed by atoms with E-state index in [4.69, 9.17) is 0 Å². The molecule has 2 aromatic carbocycles. The molecule has 2 N–H and O–H groups in total. The highest BCUT2D eigenvalue weighted by Crippen LogP contribution is 2.27. The van der Waals surface area contributed by atoms with Gasteiger partial charge in [-0.05, 0) is 36.4 Å². The van der Waals surface area contributed by atoms with Crippen molar-refractivity contribution in [2.45, 2.75) is 6.92 Å². The SMILES string of the molecule is CC(=O)Nc1ccc(C(=O)Nc2nc(-c3ccccc3F)cs2)cc1. The van der Waals surface area contributed by atoms with Crippen molar-refractivity contribution >= 4 is 34.0 Å². The van der Waals surface area contributed by atoms with Crippen LogP contribution >= 0.6 is 11.3 Å². The average Bonchev–Trinajstić information content (AvgIpc) is 3.03. The number of benzene rings is 2. The lowest BCUT2D eigenvalue weighted by Gasteiger charge is -2.04. The first-order valence-corrected chi connectivity index (χ1v) is 8.30. The third-order valence-corrected chi connectivity index (χ3v) is 4.10. The molecule has 0 bridgehead atoms. The number of aromatic nitrogens is 1. The fourth-order valence-electron chi connectivity index (χ4n) is 2.20.